The number of ether oxygens (including phenoxy) is 1. The van der Waals surface area contributed by atoms with Crippen LogP contribution in [0.25, 0.3) is 28.1 Å². The fraction of sp³-hybridized carbons (Fsp3) is 0.404. The molecule has 5 aromatic heterocycles. The molecule has 0 radical (unpaired) electrons. The fourth-order valence-corrected chi connectivity index (χ4v) is 12.3. The molecule has 10 rings (SSSR count). The molecule has 0 unspecified atom stereocenters. The number of aromatic amines is 1. The van der Waals surface area contributed by atoms with Crippen LogP contribution in [0.2, 0.25) is 0 Å². The number of hydrogen-bond donors (Lipinski definition) is 2. The zero-order valence-corrected chi connectivity index (χ0v) is 38.2. The standard InChI is InChI=1S/C47H52FN10O6P/c1-7-65(62,8-2)37-12-9-32(25-35(37)49-6)55-17-18-56(46(55)61)42-40(31-23-27(3)39(48)28(4)24-31)52-57-20-19-54(29(5)41(42)57)43(59)33-26-58-36(11-10-34(51-58)30-13-21-63-22-14-30)38(33)47(15-16-47)44-50-45(60)64-53-44/h9-12,17-18,23-26,29-30,49H,7-8,13-16,19-22H2,1-6H3,(H,50,53,60)/t29-/m0/s1. The van der Waals surface area contributed by atoms with Crippen molar-refractivity contribution in [2.45, 2.75) is 84.2 Å². The van der Waals surface area contributed by atoms with Gasteiger partial charge in [-0.1, -0.05) is 19.0 Å². The lowest BCUT2D eigenvalue weighted by molar-refractivity contribution is 0.0635. The molecule has 2 fully saturated rings. The fourth-order valence-electron chi connectivity index (χ4n) is 10.2. The number of rotatable bonds is 11. The van der Waals surface area contributed by atoms with E-state index in [0.717, 1.165) is 34.9 Å². The Hall–Kier alpha value is -6.32. The molecule has 1 saturated heterocycles. The molecule has 7 heterocycles. The molecule has 2 aliphatic heterocycles. The third-order valence-corrected chi connectivity index (χ3v) is 17.3. The van der Waals surface area contributed by atoms with E-state index in [0.29, 0.717) is 108 Å². The zero-order valence-electron chi connectivity index (χ0n) is 37.4. The number of nitrogens with one attached hydrogen (secondary N) is 2. The first-order valence-corrected chi connectivity index (χ1v) is 24.5. The summed E-state index contributed by atoms with van der Waals surface area (Å²) in [6.07, 6.45) is 9.17. The van der Waals surface area contributed by atoms with Crippen LogP contribution < -0.4 is 22.1 Å². The maximum Gasteiger partial charge on any atom is 0.438 e. The van der Waals surface area contributed by atoms with Crippen LogP contribution >= 0.6 is 7.14 Å². The van der Waals surface area contributed by atoms with E-state index in [-0.39, 0.29) is 23.3 Å². The summed E-state index contributed by atoms with van der Waals surface area (Å²) >= 11 is 0. The summed E-state index contributed by atoms with van der Waals surface area (Å²) in [4.78, 5) is 47.1. The summed E-state index contributed by atoms with van der Waals surface area (Å²) in [5, 5.41) is 18.2. The van der Waals surface area contributed by atoms with Gasteiger partial charge in [0.1, 0.15) is 24.3 Å². The van der Waals surface area contributed by atoms with E-state index < -0.39 is 24.4 Å². The van der Waals surface area contributed by atoms with E-state index in [1.54, 1.807) is 65.6 Å². The number of H-pyrrole nitrogens is 1. The number of aryl methyl sites for hydroxylation is 2. The average Bonchev–Trinajstić information content (AvgIpc) is 3.60. The molecule has 65 heavy (non-hydrogen) atoms. The monoisotopic (exact) mass is 902 g/mol. The number of fused-ring (bicyclic) bond motifs is 2. The summed E-state index contributed by atoms with van der Waals surface area (Å²) in [7, 11) is -0.874. The van der Waals surface area contributed by atoms with Gasteiger partial charge in [-0.2, -0.15) is 10.2 Å². The third kappa shape index (κ3) is 6.84. The molecule has 0 bridgehead atoms. The molecule has 16 nitrogen and oxygen atoms in total. The molecule has 3 aliphatic rings. The SMILES string of the molecule is CCP(=O)(CC)c1ccc(-n2ccn(-c3c(-c4cc(C)c(F)c(C)c4)nn4c3[C@H](C)N(C(=O)c3cn5nc(C6CCOCC6)ccc5c3C3(c5noc(=O)[nH]5)CC3)CC4)c2=O)cc1NC. The lowest BCUT2D eigenvalue weighted by Gasteiger charge is -2.35. The summed E-state index contributed by atoms with van der Waals surface area (Å²) in [5.74, 6) is -0.660. The largest absolute Gasteiger partial charge is 0.438 e. The van der Waals surface area contributed by atoms with Gasteiger partial charge in [0.15, 0.2) is 5.82 Å². The van der Waals surface area contributed by atoms with Crippen LogP contribution in [-0.2, 0) is 21.3 Å². The van der Waals surface area contributed by atoms with Crippen molar-refractivity contribution < 1.29 is 23.0 Å². The highest BCUT2D eigenvalue weighted by Gasteiger charge is 2.53. The van der Waals surface area contributed by atoms with Crippen molar-refractivity contribution in [3.8, 4) is 22.6 Å². The van der Waals surface area contributed by atoms with Crippen molar-refractivity contribution in [2.24, 2.45) is 0 Å². The highest BCUT2D eigenvalue weighted by molar-refractivity contribution is 7.71. The van der Waals surface area contributed by atoms with Gasteiger partial charge in [0, 0.05) is 85.8 Å². The molecule has 1 aliphatic carbocycles. The number of imidazole rings is 1. The second-order valence-electron chi connectivity index (χ2n) is 17.6. The smallest absolute Gasteiger partial charge is 0.387 e. The van der Waals surface area contributed by atoms with Crippen LogP contribution in [-0.4, -0.2) is 88.6 Å². The first-order chi connectivity index (χ1) is 31.3. The maximum atomic E-state index is 15.4. The predicted octanol–water partition coefficient (Wildman–Crippen LogP) is 6.83. The average molecular weight is 903 g/mol. The highest BCUT2D eigenvalue weighted by atomic mass is 31.2. The second kappa shape index (κ2) is 16.0. The molecule has 2 N–H and O–H groups in total. The molecule has 1 atom stereocenters. The first kappa shape index (κ1) is 42.6. The van der Waals surface area contributed by atoms with Gasteiger partial charge in [-0.25, -0.2) is 18.5 Å². The highest BCUT2D eigenvalue weighted by Crippen LogP contribution is 2.55. The number of aromatic nitrogens is 8. The van der Waals surface area contributed by atoms with E-state index in [4.69, 9.17) is 19.5 Å². The molecule has 18 heteroatoms. The molecule has 0 spiro atoms. The van der Waals surface area contributed by atoms with Gasteiger partial charge in [-0.3, -0.25) is 28.1 Å². The number of halogens is 1. The minimum absolute atomic E-state index is 0.215. The van der Waals surface area contributed by atoms with Crippen LogP contribution in [0.5, 0.6) is 0 Å². The number of carbonyl (C=O) groups excluding carboxylic acids is 1. The van der Waals surface area contributed by atoms with Gasteiger partial charge in [-0.15, -0.1) is 0 Å². The molecule has 1 amide bonds. The quantitative estimate of drug-likeness (QED) is 0.131. The van der Waals surface area contributed by atoms with Gasteiger partial charge < -0.3 is 19.5 Å². The van der Waals surface area contributed by atoms with Gasteiger partial charge >= 0.3 is 11.4 Å². The van der Waals surface area contributed by atoms with Crippen molar-refractivity contribution in [3.63, 3.8) is 0 Å². The summed E-state index contributed by atoms with van der Waals surface area (Å²) < 4.78 is 46.3. The van der Waals surface area contributed by atoms with Crippen molar-refractivity contribution in [3.05, 3.63) is 127 Å². The normalized spacial score (nSPS) is 17.5. The van der Waals surface area contributed by atoms with Crippen LogP contribution in [0.1, 0.15) is 103 Å². The Labute approximate surface area is 373 Å². The number of benzene rings is 2. The van der Waals surface area contributed by atoms with E-state index in [1.165, 1.54) is 4.57 Å². The van der Waals surface area contributed by atoms with Crippen LogP contribution in [0.3, 0.4) is 0 Å². The first-order valence-electron chi connectivity index (χ1n) is 22.4. The number of anilines is 1. The third-order valence-electron chi connectivity index (χ3n) is 14.0. The van der Waals surface area contributed by atoms with Crippen molar-refractivity contribution >= 4 is 29.6 Å². The Kier molecular flexibility index (Phi) is 10.5. The van der Waals surface area contributed by atoms with Crippen LogP contribution in [0, 0.1) is 19.7 Å². The van der Waals surface area contributed by atoms with Crippen molar-refractivity contribution in [2.75, 3.05) is 44.4 Å². The number of amides is 1. The maximum absolute atomic E-state index is 15.4. The van der Waals surface area contributed by atoms with Crippen molar-refractivity contribution in [1.29, 1.82) is 0 Å². The lowest BCUT2D eigenvalue weighted by Crippen LogP contribution is -2.42. The van der Waals surface area contributed by atoms with Crippen LogP contribution in [0.15, 0.2) is 75.2 Å². The Morgan fingerprint density at radius 3 is 2.37 bits per heavy atom. The Balaban J connectivity index is 1.10. The van der Waals surface area contributed by atoms with Gasteiger partial charge in [0.05, 0.1) is 46.2 Å². The second-order valence-corrected chi connectivity index (χ2v) is 21.1. The van der Waals surface area contributed by atoms with Crippen molar-refractivity contribution in [1.82, 2.24) is 43.6 Å². The Bertz CT molecular complexity index is 3170. The van der Waals surface area contributed by atoms with Gasteiger partial charge in [-0.05, 0) is 100 Å². The van der Waals surface area contributed by atoms with Crippen LogP contribution in [0.4, 0.5) is 10.1 Å². The predicted molar refractivity (Wildman–Crippen MR) is 244 cm³/mol. The zero-order chi connectivity index (χ0) is 45.5. The van der Waals surface area contributed by atoms with Gasteiger partial charge in [0.25, 0.3) is 5.91 Å². The Morgan fingerprint density at radius 1 is 0.985 bits per heavy atom. The topological polar surface area (TPSA) is 180 Å². The van der Waals surface area contributed by atoms with Gasteiger partial charge in [0.2, 0.25) is 0 Å². The molecule has 2 aromatic carbocycles. The van der Waals surface area contributed by atoms with E-state index >= 15 is 9.18 Å². The number of hydrogen-bond acceptors (Lipinski definition) is 10. The molecule has 338 valence electrons. The summed E-state index contributed by atoms with van der Waals surface area (Å²) in [5.41, 5.74) is 5.98. The molecular weight excluding hydrogens is 851 g/mol. The minimum atomic E-state index is -2.65. The molecule has 1 saturated carbocycles. The summed E-state index contributed by atoms with van der Waals surface area (Å²) in [6, 6.07) is 12.4. The molecular formula is C47H52FN10O6P. The van der Waals surface area contributed by atoms with E-state index in [1.807, 2.05) is 55.8 Å². The molecule has 7 aromatic rings. The lowest BCUT2D eigenvalue weighted by atomic mass is 9.91. The summed E-state index contributed by atoms with van der Waals surface area (Å²) in [6.45, 7) is 11.1. The minimum Gasteiger partial charge on any atom is -0.387 e. The number of nitrogens with zero attached hydrogens (tertiary/aromatic N) is 8. The van der Waals surface area contributed by atoms with E-state index in [2.05, 4.69) is 15.5 Å². The van der Waals surface area contributed by atoms with E-state index in [9.17, 15) is 14.2 Å². The Morgan fingerprint density at radius 2 is 1.71 bits per heavy atom. The number of carbonyl (C=O) groups is 1.